The Morgan fingerprint density at radius 2 is 2.16 bits per heavy atom. The van der Waals surface area contributed by atoms with Gasteiger partial charge in [-0.3, -0.25) is 4.79 Å². The van der Waals surface area contributed by atoms with Crippen molar-refractivity contribution in [3.8, 4) is 11.6 Å². The van der Waals surface area contributed by atoms with Gasteiger partial charge in [-0.15, -0.1) is 0 Å². The van der Waals surface area contributed by atoms with Crippen molar-refractivity contribution in [1.29, 1.82) is 0 Å². The van der Waals surface area contributed by atoms with Gasteiger partial charge in [-0.25, -0.2) is 9.78 Å². The zero-order valence-corrected chi connectivity index (χ0v) is 19.2. The quantitative estimate of drug-likeness (QED) is 0.583. The first-order chi connectivity index (χ1) is 15.4. The van der Waals surface area contributed by atoms with E-state index < -0.39 is 11.6 Å². The number of aromatic nitrogens is 1. The first-order valence-corrected chi connectivity index (χ1v) is 11.3. The number of carbonyl (C=O) groups is 2. The summed E-state index contributed by atoms with van der Waals surface area (Å²) in [7, 11) is 1.35. The van der Waals surface area contributed by atoms with Gasteiger partial charge in [0.1, 0.15) is 17.4 Å². The van der Waals surface area contributed by atoms with Gasteiger partial charge in [-0.05, 0) is 31.4 Å². The Kier molecular flexibility index (Phi) is 6.44. The molecule has 2 N–H and O–H groups in total. The number of benzene rings is 1. The number of nitrogens with zero attached hydrogens (tertiary/aromatic N) is 1. The number of nitrogens with one attached hydrogen (secondary N) is 2. The third-order valence-electron chi connectivity index (χ3n) is 6.22. The lowest BCUT2D eigenvalue weighted by atomic mass is 10.1. The molecule has 1 aromatic carbocycles. The molecule has 8 nitrogen and oxygen atoms in total. The van der Waals surface area contributed by atoms with Crippen molar-refractivity contribution in [3.05, 3.63) is 29.3 Å². The number of carbonyl (C=O) groups excluding carboxylic acids is 2. The fourth-order valence-corrected chi connectivity index (χ4v) is 4.63. The monoisotopic (exact) mass is 461 g/mol. The van der Waals surface area contributed by atoms with Gasteiger partial charge < -0.3 is 24.8 Å². The van der Waals surface area contributed by atoms with Crippen molar-refractivity contribution in [2.24, 2.45) is 5.92 Å². The minimum Gasteiger partial charge on any atom is -0.488 e. The van der Waals surface area contributed by atoms with Crippen LogP contribution in [0.2, 0.25) is 5.02 Å². The van der Waals surface area contributed by atoms with E-state index in [9.17, 15) is 9.59 Å². The largest absolute Gasteiger partial charge is 0.488 e. The van der Waals surface area contributed by atoms with Crippen LogP contribution in [0.1, 0.15) is 33.1 Å². The Morgan fingerprint density at radius 1 is 1.34 bits per heavy atom. The molecule has 4 rings (SSSR count). The summed E-state index contributed by atoms with van der Waals surface area (Å²) in [6.45, 7) is 4.85. The van der Waals surface area contributed by atoms with Crippen molar-refractivity contribution < 1.29 is 23.8 Å². The van der Waals surface area contributed by atoms with Gasteiger partial charge in [0.2, 0.25) is 11.8 Å². The standard InChI is InChI=1S/C23H28ClN3O5/c1-4-13-11-23(13,22(29)30-3)27-21(28)17-9-14(12-25-17)32-18-10-19(31-5-2)26-20-15(18)7-6-8-16(20)24/h6-8,10,13-14,17,25H,4-5,9,11-12H2,1-3H3,(H,27,28)/t13-,14-,17+,23-/m1/s1. The summed E-state index contributed by atoms with van der Waals surface area (Å²) in [6.07, 6.45) is 1.64. The number of hydrogen-bond donors (Lipinski definition) is 2. The number of para-hydroxylation sites is 1. The molecule has 0 unspecified atom stereocenters. The number of fused-ring (bicyclic) bond motifs is 1. The summed E-state index contributed by atoms with van der Waals surface area (Å²) in [5.74, 6) is 0.551. The Bertz CT molecular complexity index is 1030. The molecule has 0 spiro atoms. The van der Waals surface area contributed by atoms with Crippen molar-refractivity contribution in [3.63, 3.8) is 0 Å². The van der Waals surface area contributed by atoms with Crippen molar-refractivity contribution in [2.45, 2.75) is 50.8 Å². The van der Waals surface area contributed by atoms with Gasteiger partial charge in [0, 0.05) is 24.4 Å². The molecule has 1 aliphatic heterocycles. The summed E-state index contributed by atoms with van der Waals surface area (Å²) in [5, 5.41) is 7.43. The molecule has 0 radical (unpaired) electrons. The molecule has 172 valence electrons. The number of ether oxygens (including phenoxy) is 3. The number of esters is 1. The molecule has 4 atom stereocenters. The van der Waals surface area contributed by atoms with Crippen molar-refractivity contribution in [2.75, 3.05) is 20.3 Å². The van der Waals surface area contributed by atoms with Gasteiger partial charge in [-0.2, -0.15) is 0 Å². The van der Waals surface area contributed by atoms with Crippen LogP contribution >= 0.6 is 11.6 Å². The molecule has 1 amide bonds. The smallest absolute Gasteiger partial charge is 0.331 e. The molecule has 1 saturated heterocycles. The van der Waals surface area contributed by atoms with E-state index in [0.29, 0.717) is 48.2 Å². The minimum absolute atomic E-state index is 0.109. The van der Waals surface area contributed by atoms with E-state index in [1.807, 2.05) is 26.0 Å². The van der Waals surface area contributed by atoms with Crippen LogP contribution in [0.5, 0.6) is 11.6 Å². The topological polar surface area (TPSA) is 98.8 Å². The number of rotatable bonds is 8. The van der Waals surface area contributed by atoms with Crippen LogP contribution in [-0.2, 0) is 14.3 Å². The number of hydrogen-bond acceptors (Lipinski definition) is 7. The lowest BCUT2D eigenvalue weighted by Crippen LogP contribution is -2.51. The summed E-state index contributed by atoms with van der Waals surface area (Å²) in [6, 6.07) is 6.80. The number of halogens is 1. The Morgan fingerprint density at radius 3 is 2.84 bits per heavy atom. The summed E-state index contributed by atoms with van der Waals surface area (Å²) in [4.78, 5) is 29.6. The predicted molar refractivity (Wildman–Crippen MR) is 120 cm³/mol. The van der Waals surface area contributed by atoms with E-state index in [0.717, 1.165) is 11.8 Å². The van der Waals surface area contributed by atoms with E-state index in [-0.39, 0.29) is 23.9 Å². The molecule has 1 saturated carbocycles. The first-order valence-electron chi connectivity index (χ1n) is 10.9. The average molecular weight is 462 g/mol. The molecule has 0 bridgehead atoms. The molecule has 9 heteroatoms. The van der Waals surface area contributed by atoms with Gasteiger partial charge in [0.25, 0.3) is 0 Å². The summed E-state index contributed by atoms with van der Waals surface area (Å²) >= 11 is 6.33. The highest BCUT2D eigenvalue weighted by atomic mass is 35.5. The number of amides is 1. The highest BCUT2D eigenvalue weighted by Crippen LogP contribution is 2.46. The van der Waals surface area contributed by atoms with Gasteiger partial charge in [0.15, 0.2) is 0 Å². The van der Waals surface area contributed by atoms with Crippen LogP contribution in [-0.4, -0.2) is 54.8 Å². The fourth-order valence-electron chi connectivity index (χ4n) is 4.42. The van der Waals surface area contributed by atoms with Crippen LogP contribution < -0.4 is 20.1 Å². The summed E-state index contributed by atoms with van der Waals surface area (Å²) < 4.78 is 16.8. The second kappa shape index (κ2) is 9.11. The third-order valence-corrected chi connectivity index (χ3v) is 6.52. The molecule has 2 aromatic rings. The predicted octanol–water partition coefficient (Wildman–Crippen LogP) is 2.85. The highest BCUT2D eigenvalue weighted by Gasteiger charge is 2.61. The zero-order chi connectivity index (χ0) is 22.9. The van der Waals surface area contributed by atoms with Gasteiger partial charge in [-0.1, -0.05) is 31.0 Å². The van der Waals surface area contributed by atoms with E-state index in [4.69, 9.17) is 25.8 Å². The lowest BCUT2D eigenvalue weighted by Gasteiger charge is -2.20. The maximum atomic E-state index is 12.9. The van der Waals surface area contributed by atoms with E-state index in [1.54, 1.807) is 12.1 Å². The number of pyridine rings is 1. The SMILES string of the molecule is CCOc1cc(O[C@H]2CN[C@H](C(=O)N[C@]3(C(=O)OC)C[C@H]3CC)C2)c2cccc(Cl)c2n1. The number of methoxy groups -OCH3 is 1. The third kappa shape index (κ3) is 4.21. The molecule has 1 aliphatic carbocycles. The van der Waals surface area contributed by atoms with Crippen LogP contribution in [0.3, 0.4) is 0 Å². The van der Waals surface area contributed by atoms with Crippen LogP contribution in [0.4, 0.5) is 0 Å². The summed E-state index contributed by atoms with van der Waals surface area (Å²) in [5.41, 5.74) is -0.291. The first kappa shape index (κ1) is 22.6. The van der Waals surface area contributed by atoms with E-state index in [2.05, 4.69) is 15.6 Å². The Hall–Kier alpha value is -2.58. The van der Waals surface area contributed by atoms with Crippen LogP contribution in [0, 0.1) is 5.92 Å². The van der Waals surface area contributed by atoms with Gasteiger partial charge >= 0.3 is 5.97 Å². The Balaban J connectivity index is 1.47. The minimum atomic E-state index is -0.897. The second-order valence-electron chi connectivity index (χ2n) is 8.23. The zero-order valence-electron chi connectivity index (χ0n) is 18.4. The Labute approximate surface area is 191 Å². The van der Waals surface area contributed by atoms with Crippen LogP contribution in [0.15, 0.2) is 24.3 Å². The van der Waals surface area contributed by atoms with Gasteiger partial charge in [0.05, 0.1) is 30.3 Å². The van der Waals surface area contributed by atoms with Crippen molar-refractivity contribution in [1.82, 2.24) is 15.6 Å². The molecule has 1 aromatic heterocycles. The van der Waals surface area contributed by atoms with E-state index >= 15 is 0 Å². The molecule has 32 heavy (non-hydrogen) atoms. The maximum absolute atomic E-state index is 12.9. The highest BCUT2D eigenvalue weighted by molar-refractivity contribution is 6.35. The normalized spacial score (nSPS) is 26.6. The second-order valence-corrected chi connectivity index (χ2v) is 8.63. The van der Waals surface area contributed by atoms with Crippen LogP contribution in [0.25, 0.3) is 10.9 Å². The average Bonchev–Trinajstić information content (AvgIpc) is 3.30. The molecule has 2 aliphatic rings. The van der Waals surface area contributed by atoms with E-state index in [1.165, 1.54) is 7.11 Å². The van der Waals surface area contributed by atoms with Crippen molar-refractivity contribution >= 4 is 34.4 Å². The molecule has 2 heterocycles. The fraction of sp³-hybridized carbons (Fsp3) is 0.522. The lowest BCUT2D eigenvalue weighted by molar-refractivity contribution is -0.147. The molecule has 2 fully saturated rings. The molecular formula is C23H28ClN3O5. The molecular weight excluding hydrogens is 434 g/mol. The maximum Gasteiger partial charge on any atom is 0.331 e.